The maximum atomic E-state index is 12.5. The molecule has 0 aliphatic rings. The van der Waals surface area contributed by atoms with E-state index >= 15 is 0 Å². The molecule has 0 radical (unpaired) electrons. The molecule has 0 fully saturated rings. The van der Waals surface area contributed by atoms with Crippen molar-refractivity contribution < 1.29 is 153 Å². The number of carbonyl (C=O) groups is 10. The fourth-order valence-electron chi connectivity index (χ4n) is 11.9. The Morgan fingerprint density at radius 1 is 0.294 bits per heavy atom. The van der Waals surface area contributed by atoms with Crippen molar-refractivity contribution >= 4 is 136 Å². The predicted octanol–water partition coefficient (Wildman–Crippen LogP) is 17.3. The van der Waals surface area contributed by atoms with E-state index in [-0.39, 0.29) is 156 Å². The summed E-state index contributed by atoms with van der Waals surface area (Å²) in [5, 5.41) is 5.17. The van der Waals surface area contributed by atoms with E-state index in [2.05, 4.69) is 201 Å². The first-order valence-corrected chi connectivity index (χ1v) is 74.7. The van der Waals surface area contributed by atoms with Crippen LogP contribution in [0, 0.1) is 5.41 Å². The Kier molecular flexibility index (Phi) is 69.6. The molecule has 0 aromatic rings. The van der Waals surface area contributed by atoms with Gasteiger partial charge >= 0.3 is 85.6 Å². The molecule has 0 aromatic carbocycles. The van der Waals surface area contributed by atoms with Crippen molar-refractivity contribution in [2.24, 2.45) is 5.41 Å². The van der Waals surface area contributed by atoms with E-state index in [1.807, 2.05) is 6.92 Å². The molecule has 136 heavy (non-hydrogen) atoms. The summed E-state index contributed by atoms with van der Waals surface area (Å²) in [5.41, 5.74) is 0.412. The number of ether oxygens (including phenoxy) is 17. The number of hydrogen-bond donors (Lipinski definition) is 2. The molecule has 35 nitrogen and oxygen atoms in total. The molecular formula is C92H174N2O33Si9. The molecule has 2 N–H and O–H groups in total. The van der Waals surface area contributed by atoms with E-state index in [0.29, 0.717) is 87.6 Å². The molecule has 0 aliphatic heterocycles. The zero-order valence-electron chi connectivity index (χ0n) is 87.6. The number of rotatable bonds is 77. The molecule has 2 unspecified atom stereocenters. The van der Waals surface area contributed by atoms with Crippen LogP contribution in [0.5, 0.6) is 0 Å². The smallest absolute Gasteiger partial charge is 0.407 e. The maximum Gasteiger partial charge on any atom is 0.407 e. The molecule has 0 heterocycles. The summed E-state index contributed by atoms with van der Waals surface area (Å²) in [6, 6.07) is 2.34. The largest absolute Gasteiger partial charge is 0.494 e. The Morgan fingerprint density at radius 2 is 0.559 bits per heavy atom. The Morgan fingerprint density at radius 3 is 0.860 bits per heavy atom. The van der Waals surface area contributed by atoms with Gasteiger partial charge in [-0.3, -0.25) is 19.2 Å². The van der Waals surface area contributed by atoms with E-state index in [1.165, 1.54) is 12.2 Å². The summed E-state index contributed by atoms with van der Waals surface area (Å²) >= 11 is 0. The van der Waals surface area contributed by atoms with Gasteiger partial charge in [0.2, 0.25) is 0 Å². The van der Waals surface area contributed by atoms with E-state index in [0.717, 1.165) is 31.0 Å². The normalized spacial score (nSPS) is 12.5. The average molecular weight is 2090 g/mol. The van der Waals surface area contributed by atoms with E-state index in [4.69, 9.17) is 105 Å². The molecule has 0 spiro atoms. The van der Waals surface area contributed by atoms with Crippen LogP contribution in [0.3, 0.4) is 0 Å². The number of carbonyl (C=O) groups excluding carboxylic acids is 10. The second kappa shape index (κ2) is 70.9. The fourth-order valence-corrected chi connectivity index (χ4v) is 49.4. The second-order valence-electron chi connectivity index (χ2n) is 39.0. The number of amides is 2. The second-order valence-corrected chi connectivity index (χ2v) is 77.5. The lowest BCUT2D eigenvalue weighted by atomic mass is 9.88. The molecule has 0 saturated heterocycles. The van der Waals surface area contributed by atoms with Gasteiger partial charge in [0.25, 0.3) is 0 Å². The van der Waals surface area contributed by atoms with Crippen LogP contribution in [0.4, 0.5) is 9.59 Å². The minimum atomic E-state index is -2.42. The number of nitrogens with one attached hydrogen (secondary N) is 2. The Labute approximate surface area is 823 Å². The SMILES string of the molecule is C=C(C)C(=O)OCCCC(=O)OCC(CC)(COCCC[Si](C)(O[Si](C)(C)C)O[Si](C)(C)C)COC(=O)CCCOC(=O)C(=C)C.C=C(C)C(=O)OCCOCCCC(=O)OCC(COCCC[Si](C)(O[Si](C)(C)C)O[Si](C)(C)C)OC(=O)NCCOCCOC(=O)C(=C)C.C=CC(=C)OCCCC(=O)OCC(COCCC[Si](C)(O[Si](C)(C)C)O[Si](C)(C)C)OC(=O)NCCOC(=C)C=C. The molecule has 44 heteroatoms. The summed E-state index contributed by atoms with van der Waals surface area (Å²) in [4.78, 5) is 120. The van der Waals surface area contributed by atoms with Crippen LogP contribution >= 0.6 is 0 Å². The van der Waals surface area contributed by atoms with Crippen molar-refractivity contribution in [2.75, 3.05) is 145 Å². The predicted molar refractivity (Wildman–Crippen MR) is 548 cm³/mol. The monoisotopic (exact) mass is 2090 g/mol. The van der Waals surface area contributed by atoms with Crippen molar-refractivity contribution in [3.63, 3.8) is 0 Å². The number of hydrogen-bond acceptors (Lipinski definition) is 33. The van der Waals surface area contributed by atoms with Crippen LogP contribution in [0.1, 0.15) is 112 Å². The highest BCUT2D eigenvalue weighted by Gasteiger charge is 2.43. The van der Waals surface area contributed by atoms with Crippen LogP contribution < -0.4 is 10.6 Å². The zero-order valence-corrected chi connectivity index (χ0v) is 96.6. The average Bonchev–Trinajstić information content (AvgIpc) is 0.844. The summed E-state index contributed by atoms with van der Waals surface area (Å²) < 4.78 is 131. The molecule has 2 atom stereocenters. The molecular weight excluding hydrogens is 1910 g/mol. The van der Waals surface area contributed by atoms with Crippen LogP contribution in [-0.4, -0.2) is 293 Å². The highest BCUT2D eigenvalue weighted by atomic mass is 28.5. The van der Waals surface area contributed by atoms with E-state index in [1.54, 1.807) is 27.7 Å². The highest BCUT2D eigenvalue weighted by Crippen LogP contribution is 2.31. The minimum absolute atomic E-state index is 0.0126. The Hall–Kier alpha value is -6.67. The first-order chi connectivity index (χ1) is 62.8. The Bertz CT molecular complexity index is 3540. The number of esters is 8. The summed E-state index contributed by atoms with van der Waals surface area (Å²) in [7, 11) is -18.1. The fraction of sp³-hybridized carbons (Fsp3) is 0.717. The molecule has 0 aliphatic carbocycles. The molecule has 0 rings (SSSR count). The first kappa shape index (κ1) is 133. The van der Waals surface area contributed by atoms with Gasteiger partial charge in [-0.05, 0) is 247 Å². The summed E-state index contributed by atoms with van der Waals surface area (Å²) in [6.07, 6.45) is 4.41. The first-order valence-electron chi connectivity index (χ1n) is 46.6. The standard InChI is InChI=1S/C32H61NO13Si3.C32H60O11Si3.C28H53NO9Si3/c1-26(2)30(35)41-21-19-38-16-12-14-29(34)43-25-28(44-32(37)33-15-18-39-20-22-42-31(36)27(3)4)24-40-17-13-23-49(11,45-47(5,6)7)46-48(8,9)10;1-13-32(24-40-28(33)17-14-20-38-30(35)26(2)3,25-41-29(34)18-15-21-39-31(36)27(4)5)23-37-19-16-22-46(12,42-44(6,7)8)43-45(9,10)11;1-12-24(3)33-19-14-16-27(30)35-23-26(36-28(31)29-17-20-34-25(4)13-2)22-32-18-15-21-41(11,37-39(5,6)7)38-40(8,9)10/h28H,1,3,12-25H2,2,4-11H3,(H,33,37);2,4,13-25H2,1,3,5-12H3;12-13,26H,1-4,14-23H2,5-11H3,(H,29,31). The van der Waals surface area contributed by atoms with Gasteiger partial charge < -0.3 is 116 Å². The topological polar surface area (TPSA) is 407 Å². The third-order valence-electron chi connectivity index (χ3n) is 17.1. The molecule has 786 valence electrons. The van der Waals surface area contributed by atoms with Crippen molar-refractivity contribution in [3.05, 3.63) is 98.6 Å². The lowest BCUT2D eigenvalue weighted by Crippen LogP contribution is -2.52. The number of allylic oxidation sites excluding steroid dienone is 2. The van der Waals surface area contributed by atoms with Crippen molar-refractivity contribution in [3.8, 4) is 0 Å². The molecule has 2 amide bonds. The van der Waals surface area contributed by atoms with Crippen molar-refractivity contribution in [1.29, 1.82) is 0 Å². The third kappa shape index (κ3) is 81.1. The van der Waals surface area contributed by atoms with E-state index in [9.17, 15) is 47.9 Å². The van der Waals surface area contributed by atoms with Gasteiger partial charge in [-0.15, -0.1) is 0 Å². The zero-order chi connectivity index (χ0) is 105. The summed E-state index contributed by atoms with van der Waals surface area (Å²) in [6.45, 7) is 85.1. The van der Waals surface area contributed by atoms with Crippen LogP contribution in [-0.2, 0) is 144 Å². The van der Waals surface area contributed by atoms with Crippen molar-refractivity contribution in [2.45, 2.75) is 279 Å². The molecule has 0 bridgehead atoms. The quantitative estimate of drug-likeness (QED) is 0.0109. The van der Waals surface area contributed by atoms with Gasteiger partial charge in [-0.2, -0.15) is 0 Å². The van der Waals surface area contributed by atoms with Gasteiger partial charge in [0, 0.05) is 80.9 Å². The van der Waals surface area contributed by atoms with Gasteiger partial charge in [0.1, 0.15) is 57.8 Å². The van der Waals surface area contributed by atoms with Crippen LogP contribution in [0.2, 0.25) is 156 Å². The lowest BCUT2D eigenvalue weighted by molar-refractivity contribution is -0.159. The van der Waals surface area contributed by atoms with Crippen molar-refractivity contribution in [1.82, 2.24) is 10.6 Å². The van der Waals surface area contributed by atoms with Crippen LogP contribution in [0.15, 0.2) is 98.6 Å². The molecule has 0 saturated carbocycles. The maximum absolute atomic E-state index is 12.5. The van der Waals surface area contributed by atoms with Gasteiger partial charge in [-0.25, -0.2) is 28.8 Å². The number of alkyl carbamates (subject to hydrolysis) is 2. The van der Waals surface area contributed by atoms with Gasteiger partial charge in [0.05, 0.1) is 71.4 Å². The third-order valence-corrected chi connectivity index (χ3v) is 45.9. The Balaban J connectivity index is -0.00000196. The molecule has 0 aromatic heterocycles. The lowest BCUT2D eigenvalue weighted by Gasteiger charge is -2.38. The highest BCUT2D eigenvalue weighted by molar-refractivity contribution is 6.89. The van der Waals surface area contributed by atoms with Gasteiger partial charge in [0.15, 0.2) is 62.1 Å². The minimum Gasteiger partial charge on any atom is -0.494 e. The van der Waals surface area contributed by atoms with Crippen LogP contribution in [0.25, 0.3) is 0 Å². The summed E-state index contributed by atoms with van der Waals surface area (Å²) in [5.74, 6) is -2.98. The van der Waals surface area contributed by atoms with E-state index < -0.39 is 153 Å². The van der Waals surface area contributed by atoms with Gasteiger partial charge in [-0.1, -0.05) is 59.6 Å².